The normalized spacial score (nSPS) is 11.0. The van der Waals surface area contributed by atoms with Crippen LogP contribution >= 0.6 is 11.3 Å². The van der Waals surface area contributed by atoms with Crippen LogP contribution in [0.2, 0.25) is 0 Å². The third-order valence-electron chi connectivity index (χ3n) is 4.48. The van der Waals surface area contributed by atoms with Gasteiger partial charge in [-0.1, -0.05) is 6.07 Å². The van der Waals surface area contributed by atoms with E-state index in [9.17, 15) is 18.0 Å². The zero-order chi connectivity index (χ0) is 24.1. The lowest BCUT2D eigenvalue weighted by atomic mass is 10.2. The molecule has 3 N–H and O–H groups in total. The molecule has 0 spiro atoms. The van der Waals surface area contributed by atoms with Crippen LogP contribution in [0.15, 0.2) is 71.2 Å². The second-order valence-corrected chi connectivity index (χ2v) is 9.26. The van der Waals surface area contributed by atoms with E-state index in [0.29, 0.717) is 17.1 Å². The van der Waals surface area contributed by atoms with E-state index in [2.05, 4.69) is 31.1 Å². The number of thiophene rings is 1. The molecule has 12 nitrogen and oxygen atoms in total. The number of hydrogen-bond donors (Lipinski definition) is 3. The number of rotatable bonds is 7. The molecular formula is C20H17N7O5S2. The molecule has 0 aliphatic rings. The van der Waals surface area contributed by atoms with Gasteiger partial charge in [0.1, 0.15) is 17.0 Å². The number of tetrazole rings is 1. The van der Waals surface area contributed by atoms with Gasteiger partial charge < -0.3 is 4.74 Å². The number of hydrogen-bond acceptors (Lipinski definition) is 9. The molecule has 4 rings (SSSR count). The molecule has 0 saturated heterocycles. The first kappa shape index (κ1) is 22.9. The van der Waals surface area contributed by atoms with Gasteiger partial charge >= 0.3 is 0 Å². The standard InChI is InChI=1S/C20H17N7O5S2/c1-32-15-7-5-14(6-8-15)24-34(30,31)16-4-2-3-13(11-16)19(28)22-23-20(29)18-17(9-10-33-18)27-12-21-25-26-27/h2-12,24H,1H3,(H,22,28)(H,23,29). The predicted molar refractivity (Wildman–Crippen MR) is 122 cm³/mol. The summed E-state index contributed by atoms with van der Waals surface area (Å²) in [7, 11) is -2.46. The molecule has 0 fully saturated rings. The molecule has 2 aromatic heterocycles. The van der Waals surface area contributed by atoms with Crippen molar-refractivity contribution in [1.82, 2.24) is 31.1 Å². The first-order valence-electron chi connectivity index (χ1n) is 9.56. The zero-order valence-electron chi connectivity index (χ0n) is 17.5. The maximum atomic E-state index is 12.7. The second kappa shape index (κ2) is 9.68. The number of benzene rings is 2. The summed E-state index contributed by atoms with van der Waals surface area (Å²) in [4.78, 5) is 25.2. The minimum atomic E-state index is -3.96. The molecular weight excluding hydrogens is 482 g/mol. The number of aromatic nitrogens is 4. The Hall–Kier alpha value is -4.30. The minimum absolute atomic E-state index is 0.0322. The van der Waals surface area contributed by atoms with Gasteiger partial charge in [0.25, 0.3) is 21.8 Å². The van der Waals surface area contributed by atoms with Crippen LogP contribution in [0.1, 0.15) is 20.0 Å². The Morgan fingerprint density at radius 3 is 2.50 bits per heavy atom. The Balaban J connectivity index is 1.43. The number of hydrazine groups is 1. The van der Waals surface area contributed by atoms with Crippen molar-refractivity contribution in [2.45, 2.75) is 4.90 Å². The molecule has 0 bridgehead atoms. The minimum Gasteiger partial charge on any atom is -0.497 e. The highest BCUT2D eigenvalue weighted by atomic mass is 32.2. The van der Waals surface area contributed by atoms with E-state index in [0.717, 1.165) is 11.3 Å². The van der Waals surface area contributed by atoms with Crippen molar-refractivity contribution >= 4 is 38.9 Å². The largest absolute Gasteiger partial charge is 0.497 e. The predicted octanol–water partition coefficient (Wildman–Crippen LogP) is 1.61. The summed E-state index contributed by atoms with van der Waals surface area (Å²) in [5.41, 5.74) is 5.39. The Kier molecular flexibility index (Phi) is 6.51. The van der Waals surface area contributed by atoms with Gasteiger partial charge in [-0.3, -0.25) is 25.2 Å². The number of methoxy groups -OCH3 is 1. The molecule has 0 atom stereocenters. The maximum Gasteiger partial charge on any atom is 0.281 e. The van der Waals surface area contributed by atoms with Crippen molar-refractivity contribution < 1.29 is 22.7 Å². The topological polar surface area (TPSA) is 157 Å². The third kappa shape index (κ3) is 5.02. The van der Waals surface area contributed by atoms with Crippen molar-refractivity contribution in [3.8, 4) is 11.4 Å². The van der Waals surface area contributed by atoms with Crippen molar-refractivity contribution in [3.63, 3.8) is 0 Å². The van der Waals surface area contributed by atoms with E-state index in [-0.39, 0.29) is 15.3 Å². The Labute approximate surface area is 197 Å². The van der Waals surface area contributed by atoms with Crippen LogP contribution < -0.4 is 20.3 Å². The lowest BCUT2D eigenvalue weighted by Crippen LogP contribution is -2.41. The number of sulfonamides is 1. The number of amides is 2. The maximum absolute atomic E-state index is 12.7. The third-order valence-corrected chi connectivity index (χ3v) is 6.77. The fourth-order valence-electron chi connectivity index (χ4n) is 2.84. The number of carbonyl (C=O) groups is 2. The fourth-order valence-corrected chi connectivity index (χ4v) is 4.72. The first-order valence-corrected chi connectivity index (χ1v) is 11.9. The molecule has 0 radical (unpaired) electrons. The van der Waals surface area contributed by atoms with E-state index < -0.39 is 21.8 Å². The molecule has 4 aromatic rings. The lowest BCUT2D eigenvalue weighted by Gasteiger charge is -2.11. The monoisotopic (exact) mass is 499 g/mol. The highest BCUT2D eigenvalue weighted by molar-refractivity contribution is 7.92. The molecule has 2 amide bonds. The second-order valence-electron chi connectivity index (χ2n) is 6.66. The molecule has 2 aromatic carbocycles. The summed E-state index contributed by atoms with van der Waals surface area (Å²) >= 11 is 1.14. The summed E-state index contributed by atoms with van der Waals surface area (Å²) in [6.07, 6.45) is 1.34. The molecule has 2 heterocycles. The molecule has 34 heavy (non-hydrogen) atoms. The Morgan fingerprint density at radius 1 is 1.03 bits per heavy atom. The van der Waals surface area contributed by atoms with Crippen LogP contribution in [0.25, 0.3) is 5.69 Å². The number of nitrogens with zero attached hydrogens (tertiary/aromatic N) is 4. The van der Waals surface area contributed by atoms with Crippen LogP contribution in [0, 0.1) is 0 Å². The number of carbonyl (C=O) groups excluding carboxylic acids is 2. The van der Waals surface area contributed by atoms with Gasteiger partial charge in [0.2, 0.25) is 0 Å². The average Bonchev–Trinajstić information content (AvgIpc) is 3.55. The lowest BCUT2D eigenvalue weighted by molar-refractivity contribution is 0.0848. The van der Waals surface area contributed by atoms with Crippen LogP contribution in [0.5, 0.6) is 5.75 Å². The molecule has 174 valence electrons. The van der Waals surface area contributed by atoms with Gasteiger partial charge in [-0.05, 0) is 64.3 Å². The average molecular weight is 500 g/mol. The van der Waals surface area contributed by atoms with Gasteiger partial charge in [0, 0.05) is 11.3 Å². The summed E-state index contributed by atoms with van der Waals surface area (Å²) in [6.45, 7) is 0. The quantitative estimate of drug-likeness (QED) is 0.324. The van der Waals surface area contributed by atoms with Gasteiger partial charge in [-0.2, -0.15) is 4.68 Å². The summed E-state index contributed by atoms with van der Waals surface area (Å²) < 4.78 is 34.3. The smallest absolute Gasteiger partial charge is 0.281 e. The van der Waals surface area contributed by atoms with Gasteiger partial charge in [-0.25, -0.2) is 8.42 Å². The van der Waals surface area contributed by atoms with Crippen LogP contribution in [0.4, 0.5) is 5.69 Å². The van der Waals surface area contributed by atoms with E-state index in [4.69, 9.17) is 4.74 Å². The Morgan fingerprint density at radius 2 is 1.79 bits per heavy atom. The van der Waals surface area contributed by atoms with Gasteiger partial charge in [0.05, 0.1) is 17.7 Å². The van der Waals surface area contributed by atoms with Crippen molar-refractivity contribution in [2.75, 3.05) is 11.8 Å². The zero-order valence-corrected chi connectivity index (χ0v) is 19.1. The van der Waals surface area contributed by atoms with Crippen molar-refractivity contribution in [1.29, 1.82) is 0 Å². The highest BCUT2D eigenvalue weighted by Gasteiger charge is 2.19. The van der Waals surface area contributed by atoms with Gasteiger partial charge in [0.15, 0.2) is 0 Å². The van der Waals surface area contributed by atoms with Crippen molar-refractivity contribution in [3.05, 3.63) is 76.7 Å². The summed E-state index contributed by atoms with van der Waals surface area (Å²) in [5.74, 6) is -0.703. The summed E-state index contributed by atoms with van der Waals surface area (Å²) in [6, 6.07) is 13.4. The molecule has 0 aliphatic carbocycles. The molecule has 0 saturated carbocycles. The van der Waals surface area contributed by atoms with Crippen LogP contribution in [-0.4, -0.2) is 47.5 Å². The van der Waals surface area contributed by atoms with E-state index >= 15 is 0 Å². The molecule has 14 heteroatoms. The molecule has 0 aliphatic heterocycles. The molecule has 0 unspecified atom stereocenters. The van der Waals surface area contributed by atoms with E-state index in [1.807, 2.05) is 0 Å². The highest BCUT2D eigenvalue weighted by Crippen LogP contribution is 2.21. The Bertz CT molecular complexity index is 1420. The first-order chi connectivity index (χ1) is 16.4. The number of anilines is 1. The van der Waals surface area contributed by atoms with Gasteiger partial charge in [-0.15, -0.1) is 16.4 Å². The fraction of sp³-hybridized carbons (Fsp3) is 0.0500. The number of nitrogens with one attached hydrogen (secondary N) is 3. The van der Waals surface area contributed by atoms with E-state index in [1.54, 1.807) is 35.7 Å². The SMILES string of the molecule is COc1ccc(NS(=O)(=O)c2cccc(C(=O)NNC(=O)c3sccc3-n3cnnn3)c2)cc1. The number of ether oxygens (including phenoxy) is 1. The summed E-state index contributed by atoms with van der Waals surface area (Å²) in [5, 5.41) is 12.5. The van der Waals surface area contributed by atoms with Crippen molar-refractivity contribution in [2.24, 2.45) is 0 Å². The van der Waals surface area contributed by atoms with Crippen LogP contribution in [-0.2, 0) is 10.0 Å². The van der Waals surface area contributed by atoms with Crippen LogP contribution in [0.3, 0.4) is 0 Å². The van der Waals surface area contributed by atoms with E-state index in [1.165, 1.54) is 42.4 Å².